The maximum absolute atomic E-state index is 13.3. The van der Waals surface area contributed by atoms with Crippen LogP contribution in [-0.2, 0) is 0 Å². The fraction of sp³-hybridized carbons (Fsp3) is 0.262. The topological polar surface area (TPSA) is 44.8 Å². The van der Waals surface area contributed by atoms with Gasteiger partial charge in [-0.3, -0.25) is 4.79 Å². The predicted octanol–water partition coefficient (Wildman–Crippen LogP) is 10.8. The summed E-state index contributed by atoms with van der Waals surface area (Å²) in [4.78, 5) is 13.3. The van der Waals surface area contributed by atoms with Crippen molar-refractivity contribution in [3.8, 4) is 50.6 Å². The first kappa shape index (κ1) is 32.6. The van der Waals surface area contributed by atoms with Gasteiger partial charge < -0.3 is 14.2 Å². The van der Waals surface area contributed by atoms with Crippen LogP contribution in [0.2, 0.25) is 0 Å². The summed E-state index contributed by atoms with van der Waals surface area (Å²) in [5.41, 5.74) is 8.68. The summed E-state index contributed by atoms with van der Waals surface area (Å²) in [6.07, 6.45) is 4.73. The molecule has 236 valence electrons. The molecule has 0 radical (unpaired) electrons. The summed E-state index contributed by atoms with van der Waals surface area (Å²) in [5.74, 6) is 2.93. The van der Waals surface area contributed by atoms with Crippen LogP contribution in [-0.4, -0.2) is 26.6 Å². The molecule has 5 aromatic carbocycles. The van der Waals surface area contributed by atoms with E-state index in [9.17, 15) is 4.79 Å². The first-order valence-corrected chi connectivity index (χ1v) is 16.3. The molecule has 1 unspecified atom stereocenters. The number of aryl methyl sites for hydroxylation is 1. The molecule has 0 aliphatic heterocycles. The number of ketones is 1. The van der Waals surface area contributed by atoms with E-state index in [1.165, 1.54) is 24.8 Å². The molecule has 0 saturated heterocycles. The van der Waals surface area contributed by atoms with E-state index >= 15 is 0 Å². The van der Waals surface area contributed by atoms with Gasteiger partial charge in [0.25, 0.3) is 0 Å². The van der Waals surface area contributed by atoms with E-state index in [4.69, 9.17) is 14.2 Å². The highest BCUT2D eigenvalue weighted by Crippen LogP contribution is 2.38. The van der Waals surface area contributed by atoms with Crippen LogP contribution in [0.1, 0.15) is 61.0 Å². The van der Waals surface area contributed by atoms with Gasteiger partial charge in [-0.2, -0.15) is 0 Å². The Morgan fingerprint density at radius 1 is 0.630 bits per heavy atom. The van der Waals surface area contributed by atoms with Crippen LogP contribution in [0.3, 0.4) is 0 Å². The molecule has 46 heavy (non-hydrogen) atoms. The summed E-state index contributed by atoms with van der Waals surface area (Å²) >= 11 is 0. The average molecular weight is 613 g/mol. The molecule has 0 spiro atoms. The van der Waals surface area contributed by atoms with Gasteiger partial charge in [-0.05, 0) is 77.9 Å². The van der Waals surface area contributed by atoms with Gasteiger partial charge in [0.2, 0.25) is 0 Å². The number of methoxy groups -OCH3 is 2. The van der Waals surface area contributed by atoms with Crippen molar-refractivity contribution in [2.24, 2.45) is 5.92 Å². The Kier molecular flexibility index (Phi) is 10.9. The fourth-order valence-electron chi connectivity index (χ4n) is 5.73. The highest BCUT2D eigenvalue weighted by Gasteiger charge is 2.14. The van der Waals surface area contributed by atoms with Gasteiger partial charge in [0, 0.05) is 22.3 Å². The first-order chi connectivity index (χ1) is 22.4. The number of hydrogen-bond acceptors (Lipinski definition) is 4. The summed E-state index contributed by atoms with van der Waals surface area (Å²) < 4.78 is 17.6. The van der Waals surface area contributed by atoms with Crippen LogP contribution in [0.15, 0.2) is 109 Å². The molecule has 0 fully saturated rings. The lowest BCUT2D eigenvalue weighted by Crippen LogP contribution is -2.11. The molecule has 4 heteroatoms. The zero-order valence-electron chi connectivity index (χ0n) is 27.6. The molecule has 0 saturated carbocycles. The van der Waals surface area contributed by atoms with Gasteiger partial charge in [-0.1, -0.05) is 111 Å². The highest BCUT2D eigenvalue weighted by atomic mass is 16.5. The SMILES string of the molecule is CCCCC(CC)COc1ccc(C(=O)c2ccc(-c3ccc(-c4ccc(-c5ccc(C)cc5)c(OC)c4)cc3OC)cc2)cc1. The number of benzene rings is 5. The van der Waals surface area contributed by atoms with Crippen molar-refractivity contribution in [2.75, 3.05) is 20.8 Å². The van der Waals surface area contributed by atoms with Crippen molar-refractivity contribution in [1.29, 1.82) is 0 Å². The zero-order valence-corrected chi connectivity index (χ0v) is 27.6. The molecule has 0 heterocycles. The van der Waals surface area contributed by atoms with Crippen molar-refractivity contribution in [1.82, 2.24) is 0 Å². The summed E-state index contributed by atoms with van der Waals surface area (Å²) in [6.45, 7) is 7.23. The maximum Gasteiger partial charge on any atom is 0.193 e. The zero-order chi connectivity index (χ0) is 32.5. The van der Waals surface area contributed by atoms with Gasteiger partial charge >= 0.3 is 0 Å². The third kappa shape index (κ3) is 7.69. The van der Waals surface area contributed by atoms with Crippen LogP contribution in [0.25, 0.3) is 33.4 Å². The summed E-state index contributed by atoms with van der Waals surface area (Å²) in [5, 5.41) is 0. The van der Waals surface area contributed by atoms with E-state index in [0.29, 0.717) is 23.7 Å². The lowest BCUT2D eigenvalue weighted by Gasteiger charge is -2.15. The van der Waals surface area contributed by atoms with Crippen molar-refractivity contribution >= 4 is 5.78 Å². The molecule has 0 amide bonds. The van der Waals surface area contributed by atoms with Gasteiger partial charge in [0.15, 0.2) is 5.78 Å². The van der Waals surface area contributed by atoms with Crippen LogP contribution in [0.5, 0.6) is 17.2 Å². The second-order valence-corrected chi connectivity index (χ2v) is 11.9. The van der Waals surface area contributed by atoms with Crippen molar-refractivity contribution < 1.29 is 19.0 Å². The van der Waals surface area contributed by atoms with Gasteiger partial charge in [-0.25, -0.2) is 0 Å². The molecule has 1 atom stereocenters. The lowest BCUT2D eigenvalue weighted by atomic mass is 9.95. The molecule has 0 aromatic heterocycles. The number of rotatable bonds is 14. The predicted molar refractivity (Wildman–Crippen MR) is 189 cm³/mol. The molecule has 5 aromatic rings. The number of carbonyl (C=O) groups excluding carboxylic acids is 1. The van der Waals surface area contributed by atoms with E-state index in [1.807, 2.05) is 54.6 Å². The lowest BCUT2D eigenvalue weighted by molar-refractivity contribution is 0.103. The monoisotopic (exact) mass is 612 g/mol. The number of ether oxygens (including phenoxy) is 3. The van der Waals surface area contributed by atoms with Gasteiger partial charge in [-0.15, -0.1) is 0 Å². The Labute approximate surface area is 274 Å². The van der Waals surface area contributed by atoms with Crippen molar-refractivity contribution in [3.63, 3.8) is 0 Å². The molecule has 0 bridgehead atoms. The van der Waals surface area contributed by atoms with Crippen LogP contribution < -0.4 is 14.2 Å². The molecule has 4 nitrogen and oxygen atoms in total. The normalized spacial score (nSPS) is 11.6. The number of unbranched alkanes of at least 4 members (excludes halogenated alkanes) is 1. The Morgan fingerprint density at radius 3 is 1.59 bits per heavy atom. The minimum atomic E-state index is -0.0159. The van der Waals surface area contributed by atoms with Crippen molar-refractivity contribution in [2.45, 2.75) is 46.5 Å². The van der Waals surface area contributed by atoms with Crippen molar-refractivity contribution in [3.05, 3.63) is 126 Å². The van der Waals surface area contributed by atoms with Crippen LogP contribution >= 0.6 is 0 Å². The van der Waals surface area contributed by atoms with E-state index in [1.54, 1.807) is 14.2 Å². The average Bonchev–Trinajstić information content (AvgIpc) is 3.11. The standard InChI is InChI=1S/C42H44O4/c1-6-8-9-30(7-2)28-46-37-22-18-34(19-23-37)42(43)33-16-14-32(15-17-33)39-25-21-36(27-41(39)45-5)35-20-24-38(40(26-35)44-4)31-12-10-29(3)11-13-31/h10-27,30H,6-9,28H2,1-5H3. The quantitative estimate of drug-likeness (QED) is 0.117. The molecular formula is C42H44O4. The number of carbonyl (C=O) groups is 1. The molecule has 5 rings (SSSR count). The summed E-state index contributed by atoms with van der Waals surface area (Å²) in [6, 6.07) is 36.1. The second-order valence-electron chi connectivity index (χ2n) is 11.9. The third-order valence-corrected chi connectivity index (χ3v) is 8.70. The molecule has 0 N–H and O–H groups in total. The van der Waals surface area contributed by atoms with Gasteiger partial charge in [0.05, 0.1) is 20.8 Å². The smallest absolute Gasteiger partial charge is 0.193 e. The minimum absolute atomic E-state index is 0.0159. The fourth-order valence-corrected chi connectivity index (χ4v) is 5.73. The van der Waals surface area contributed by atoms with E-state index < -0.39 is 0 Å². The summed E-state index contributed by atoms with van der Waals surface area (Å²) in [7, 11) is 3.39. The Bertz CT molecular complexity index is 1740. The Balaban J connectivity index is 1.29. The Morgan fingerprint density at radius 2 is 1.11 bits per heavy atom. The van der Waals surface area contributed by atoms with E-state index in [2.05, 4.69) is 75.4 Å². The number of hydrogen-bond donors (Lipinski definition) is 0. The first-order valence-electron chi connectivity index (χ1n) is 16.3. The third-order valence-electron chi connectivity index (χ3n) is 8.70. The Hall–Kier alpha value is -4.83. The van der Waals surface area contributed by atoms with Crippen LogP contribution in [0, 0.1) is 12.8 Å². The maximum atomic E-state index is 13.3. The van der Waals surface area contributed by atoms with E-state index in [-0.39, 0.29) is 5.78 Å². The molecule has 0 aliphatic rings. The highest BCUT2D eigenvalue weighted by molar-refractivity contribution is 6.09. The second kappa shape index (κ2) is 15.4. The van der Waals surface area contributed by atoms with Crippen LogP contribution in [0.4, 0.5) is 0 Å². The largest absolute Gasteiger partial charge is 0.496 e. The minimum Gasteiger partial charge on any atom is -0.496 e. The van der Waals surface area contributed by atoms with E-state index in [0.717, 1.165) is 57.1 Å². The van der Waals surface area contributed by atoms with Gasteiger partial charge in [0.1, 0.15) is 17.2 Å². The molecular weight excluding hydrogens is 568 g/mol. The molecule has 0 aliphatic carbocycles.